The van der Waals surface area contributed by atoms with Crippen LogP contribution >= 0.6 is 24.0 Å². The largest absolute Gasteiger partial charge is 0.356 e. The maximum atomic E-state index is 4.30. The van der Waals surface area contributed by atoms with Crippen LogP contribution in [0.15, 0.2) is 17.4 Å². The summed E-state index contributed by atoms with van der Waals surface area (Å²) in [4.78, 5) is 6.92. The zero-order valence-corrected chi connectivity index (χ0v) is 18.3. The van der Waals surface area contributed by atoms with Gasteiger partial charge in [-0.25, -0.2) is 0 Å². The van der Waals surface area contributed by atoms with E-state index in [4.69, 9.17) is 0 Å². The molecular formula is C18H35IN6. The average molecular weight is 462 g/mol. The van der Waals surface area contributed by atoms with Gasteiger partial charge in [-0.05, 0) is 51.1 Å². The van der Waals surface area contributed by atoms with Gasteiger partial charge in [0.1, 0.15) is 0 Å². The standard InChI is InChI=1S/C18H34N6.HI/c1-16-8-4-5-12-24(16)13-7-11-21-18(19-2)20-10-6-9-17-14-22-23(3)15-17;/h14-16H,4-13H2,1-3H3,(H2,19,20,21);1H. The molecule has 0 radical (unpaired) electrons. The Labute approximate surface area is 169 Å². The van der Waals surface area contributed by atoms with Gasteiger partial charge in [0.15, 0.2) is 5.96 Å². The van der Waals surface area contributed by atoms with Gasteiger partial charge in [-0.1, -0.05) is 6.42 Å². The van der Waals surface area contributed by atoms with E-state index in [1.54, 1.807) is 0 Å². The normalized spacial score (nSPS) is 18.7. The predicted molar refractivity (Wildman–Crippen MR) is 116 cm³/mol. The maximum Gasteiger partial charge on any atom is 0.190 e. The first-order valence-corrected chi connectivity index (χ1v) is 9.35. The third kappa shape index (κ3) is 8.40. The van der Waals surface area contributed by atoms with Gasteiger partial charge in [0.25, 0.3) is 0 Å². The second-order valence-electron chi connectivity index (χ2n) is 6.79. The van der Waals surface area contributed by atoms with E-state index in [0.29, 0.717) is 0 Å². The molecule has 0 bridgehead atoms. The van der Waals surface area contributed by atoms with Gasteiger partial charge in [-0.15, -0.1) is 24.0 Å². The Balaban J connectivity index is 0.00000312. The van der Waals surface area contributed by atoms with Gasteiger partial charge in [-0.2, -0.15) is 5.10 Å². The van der Waals surface area contributed by atoms with Crippen molar-refractivity contribution in [2.75, 3.05) is 33.2 Å². The predicted octanol–water partition coefficient (Wildman–Crippen LogP) is 2.40. The zero-order chi connectivity index (χ0) is 17.2. The molecular weight excluding hydrogens is 427 g/mol. The topological polar surface area (TPSA) is 57.5 Å². The van der Waals surface area contributed by atoms with E-state index in [-0.39, 0.29) is 24.0 Å². The van der Waals surface area contributed by atoms with Crippen LogP contribution in [0.4, 0.5) is 0 Å². The Morgan fingerprint density at radius 2 is 2.04 bits per heavy atom. The highest BCUT2D eigenvalue weighted by molar-refractivity contribution is 14.0. The number of rotatable bonds is 8. The molecule has 25 heavy (non-hydrogen) atoms. The first kappa shape index (κ1) is 22.2. The van der Waals surface area contributed by atoms with E-state index in [0.717, 1.165) is 37.9 Å². The number of nitrogens with one attached hydrogen (secondary N) is 2. The van der Waals surface area contributed by atoms with E-state index >= 15 is 0 Å². The lowest BCUT2D eigenvalue weighted by Gasteiger charge is -2.33. The Hall–Kier alpha value is -0.830. The number of hydrogen-bond acceptors (Lipinski definition) is 3. The third-order valence-corrected chi connectivity index (χ3v) is 4.77. The van der Waals surface area contributed by atoms with E-state index in [9.17, 15) is 0 Å². The molecule has 1 saturated heterocycles. The Morgan fingerprint density at radius 3 is 2.68 bits per heavy atom. The van der Waals surface area contributed by atoms with Gasteiger partial charge < -0.3 is 15.5 Å². The molecule has 2 N–H and O–H groups in total. The van der Waals surface area contributed by atoms with Crippen LogP contribution in [-0.2, 0) is 13.5 Å². The summed E-state index contributed by atoms with van der Waals surface area (Å²) in [6, 6.07) is 0.753. The van der Waals surface area contributed by atoms with Crippen LogP contribution in [0.5, 0.6) is 0 Å². The highest BCUT2D eigenvalue weighted by Gasteiger charge is 2.16. The molecule has 1 aromatic rings. The van der Waals surface area contributed by atoms with Gasteiger partial charge >= 0.3 is 0 Å². The Bertz CT molecular complexity index is 502. The van der Waals surface area contributed by atoms with Crippen molar-refractivity contribution in [3.05, 3.63) is 18.0 Å². The highest BCUT2D eigenvalue weighted by Crippen LogP contribution is 2.15. The van der Waals surface area contributed by atoms with Crippen LogP contribution in [0.1, 0.15) is 44.6 Å². The molecule has 144 valence electrons. The van der Waals surface area contributed by atoms with Crippen molar-refractivity contribution < 1.29 is 0 Å². The second kappa shape index (κ2) is 12.5. The van der Waals surface area contributed by atoms with Crippen molar-refractivity contribution in [1.29, 1.82) is 0 Å². The smallest absolute Gasteiger partial charge is 0.190 e. The lowest BCUT2D eigenvalue weighted by Crippen LogP contribution is -2.41. The molecule has 1 aliphatic heterocycles. The van der Waals surface area contributed by atoms with Crippen molar-refractivity contribution in [3.8, 4) is 0 Å². The number of aromatic nitrogens is 2. The highest BCUT2D eigenvalue weighted by atomic mass is 127. The molecule has 1 atom stereocenters. The number of aliphatic imine (C=N–C) groups is 1. The third-order valence-electron chi connectivity index (χ3n) is 4.77. The number of piperidine rings is 1. The summed E-state index contributed by atoms with van der Waals surface area (Å²) >= 11 is 0. The molecule has 1 aromatic heterocycles. The fraction of sp³-hybridized carbons (Fsp3) is 0.778. The lowest BCUT2D eigenvalue weighted by atomic mass is 10.0. The molecule has 0 aliphatic carbocycles. The summed E-state index contributed by atoms with van der Waals surface area (Å²) in [5, 5.41) is 11.0. The quantitative estimate of drug-likeness (QED) is 0.270. The summed E-state index contributed by atoms with van der Waals surface area (Å²) in [6.45, 7) is 6.72. The number of aryl methyl sites for hydroxylation is 2. The minimum Gasteiger partial charge on any atom is -0.356 e. The molecule has 0 spiro atoms. The van der Waals surface area contributed by atoms with E-state index < -0.39 is 0 Å². The van der Waals surface area contributed by atoms with Crippen LogP contribution < -0.4 is 10.6 Å². The Morgan fingerprint density at radius 1 is 1.28 bits per heavy atom. The molecule has 1 fully saturated rings. The summed E-state index contributed by atoms with van der Waals surface area (Å²) < 4.78 is 1.85. The van der Waals surface area contributed by atoms with E-state index in [1.807, 2.05) is 25.0 Å². The van der Waals surface area contributed by atoms with Gasteiger partial charge in [-0.3, -0.25) is 9.67 Å². The fourth-order valence-corrected chi connectivity index (χ4v) is 3.30. The first-order valence-electron chi connectivity index (χ1n) is 9.35. The lowest BCUT2D eigenvalue weighted by molar-refractivity contribution is 0.159. The molecule has 2 rings (SSSR count). The van der Waals surface area contributed by atoms with Crippen molar-refractivity contribution >= 4 is 29.9 Å². The van der Waals surface area contributed by atoms with Crippen LogP contribution in [0, 0.1) is 0 Å². The number of likely N-dealkylation sites (tertiary alicyclic amines) is 1. The minimum atomic E-state index is 0. The zero-order valence-electron chi connectivity index (χ0n) is 16.0. The summed E-state index contributed by atoms with van der Waals surface area (Å²) in [6.07, 6.45) is 11.4. The average Bonchev–Trinajstić information content (AvgIpc) is 3.00. The molecule has 0 amide bonds. The second-order valence-corrected chi connectivity index (χ2v) is 6.79. The number of guanidine groups is 1. The maximum absolute atomic E-state index is 4.30. The molecule has 1 aliphatic rings. The monoisotopic (exact) mass is 462 g/mol. The van der Waals surface area contributed by atoms with Crippen LogP contribution in [0.25, 0.3) is 0 Å². The molecule has 2 heterocycles. The van der Waals surface area contributed by atoms with Crippen molar-refractivity contribution in [3.63, 3.8) is 0 Å². The molecule has 7 heteroatoms. The van der Waals surface area contributed by atoms with Crippen molar-refractivity contribution in [1.82, 2.24) is 25.3 Å². The van der Waals surface area contributed by atoms with Crippen LogP contribution in [-0.4, -0.2) is 59.9 Å². The molecule has 0 saturated carbocycles. The molecule has 0 aromatic carbocycles. The SMILES string of the molecule is CN=C(NCCCc1cnn(C)c1)NCCCN1CCCCC1C.I. The van der Waals surface area contributed by atoms with Gasteiger partial charge in [0.05, 0.1) is 6.20 Å². The van der Waals surface area contributed by atoms with Crippen LogP contribution in [0.2, 0.25) is 0 Å². The molecule has 6 nitrogen and oxygen atoms in total. The van der Waals surface area contributed by atoms with Gasteiger partial charge in [0, 0.05) is 46.0 Å². The number of halogens is 1. The first-order chi connectivity index (χ1) is 11.7. The van der Waals surface area contributed by atoms with Crippen molar-refractivity contribution in [2.45, 2.75) is 51.5 Å². The van der Waals surface area contributed by atoms with E-state index in [2.05, 4.69) is 38.7 Å². The number of nitrogens with zero attached hydrogens (tertiary/aromatic N) is 4. The van der Waals surface area contributed by atoms with Crippen molar-refractivity contribution in [2.24, 2.45) is 12.0 Å². The fourth-order valence-electron chi connectivity index (χ4n) is 3.30. The van der Waals surface area contributed by atoms with E-state index in [1.165, 1.54) is 44.3 Å². The summed E-state index contributed by atoms with van der Waals surface area (Å²) in [5.74, 6) is 0.910. The Kier molecular flexibility index (Phi) is 11.1. The number of hydrogen-bond donors (Lipinski definition) is 2. The van der Waals surface area contributed by atoms with Crippen LogP contribution in [0.3, 0.4) is 0 Å². The minimum absolute atomic E-state index is 0. The summed E-state index contributed by atoms with van der Waals surface area (Å²) in [7, 11) is 3.79. The summed E-state index contributed by atoms with van der Waals surface area (Å²) in [5.41, 5.74) is 1.29. The van der Waals surface area contributed by atoms with Gasteiger partial charge in [0.2, 0.25) is 0 Å². The molecule has 1 unspecified atom stereocenters.